The van der Waals surface area contributed by atoms with E-state index in [-0.39, 0.29) is 11.5 Å². The summed E-state index contributed by atoms with van der Waals surface area (Å²) in [5.41, 5.74) is 2.14. The second kappa shape index (κ2) is 8.57. The molecule has 2 heterocycles. The van der Waals surface area contributed by atoms with Crippen molar-refractivity contribution in [3.05, 3.63) is 52.4 Å². The second-order valence-electron chi connectivity index (χ2n) is 7.95. The number of fused-ring (bicyclic) bond motifs is 1. The Labute approximate surface area is 170 Å². The van der Waals surface area contributed by atoms with Crippen LogP contribution >= 0.6 is 0 Å². The van der Waals surface area contributed by atoms with Gasteiger partial charge in [-0.05, 0) is 50.3 Å². The summed E-state index contributed by atoms with van der Waals surface area (Å²) in [6.45, 7) is 6.11. The topological polar surface area (TPSA) is 76.3 Å². The first kappa shape index (κ1) is 20.7. The maximum Gasteiger partial charge on any atom is 0.296 e. The van der Waals surface area contributed by atoms with Crippen molar-refractivity contribution in [2.45, 2.75) is 20.4 Å². The highest BCUT2D eigenvalue weighted by molar-refractivity contribution is 5.94. The Bertz CT molecular complexity index is 1000. The molecule has 0 aromatic heterocycles. The highest BCUT2D eigenvalue weighted by Crippen LogP contribution is 2.16. The van der Waals surface area contributed by atoms with Crippen LogP contribution in [0.5, 0.6) is 0 Å². The predicted octanol–water partition coefficient (Wildman–Crippen LogP) is 1.82. The average Bonchev–Trinajstić information content (AvgIpc) is 3.00. The van der Waals surface area contributed by atoms with Crippen LogP contribution in [0.2, 0.25) is 0 Å². The molecule has 1 amide bonds. The number of likely N-dealkylation sites (N-methyl/N-ethyl adjacent to an activating group) is 2. The molecule has 0 radical (unpaired) electrons. The van der Waals surface area contributed by atoms with E-state index in [2.05, 4.69) is 10.2 Å². The van der Waals surface area contributed by atoms with Gasteiger partial charge in [-0.1, -0.05) is 13.8 Å². The molecular formula is C21H28N6O2. The van der Waals surface area contributed by atoms with Gasteiger partial charge >= 0.3 is 0 Å². The zero-order valence-corrected chi connectivity index (χ0v) is 17.7. The molecule has 2 aliphatic heterocycles. The lowest BCUT2D eigenvalue weighted by molar-refractivity contribution is 0.0786. The van der Waals surface area contributed by atoms with Crippen LogP contribution in [0.1, 0.15) is 24.2 Å². The Morgan fingerprint density at radius 2 is 1.72 bits per heavy atom. The van der Waals surface area contributed by atoms with Crippen molar-refractivity contribution in [3.8, 4) is 17.1 Å². The molecule has 8 nitrogen and oxygen atoms in total. The molecule has 0 atom stereocenters. The number of carbonyl (C=O) groups is 1. The van der Waals surface area contributed by atoms with Crippen molar-refractivity contribution < 1.29 is 4.79 Å². The molecule has 0 saturated heterocycles. The number of nitrogens with zero attached hydrogens (tertiary/aromatic N) is 6. The van der Waals surface area contributed by atoms with Gasteiger partial charge in [-0.2, -0.15) is 10.2 Å². The van der Waals surface area contributed by atoms with Gasteiger partial charge in [0, 0.05) is 38.4 Å². The minimum absolute atomic E-state index is 0.0244. The fraction of sp³-hybridized carbons (Fsp3) is 0.429. The van der Waals surface area contributed by atoms with Gasteiger partial charge in [0.1, 0.15) is 5.69 Å². The van der Waals surface area contributed by atoms with Gasteiger partial charge in [0.2, 0.25) is 0 Å². The molecule has 2 aliphatic rings. The average molecular weight is 396 g/mol. The summed E-state index contributed by atoms with van der Waals surface area (Å²) in [6.07, 6.45) is 1.77. The molecule has 1 aromatic carbocycles. The first-order valence-corrected chi connectivity index (χ1v) is 9.73. The van der Waals surface area contributed by atoms with Gasteiger partial charge in [0.05, 0.1) is 5.69 Å². The zero-order valence-electron chi connectivity index (χ0n) is 17.7. The second-order valence-corrected chi connectivity index (χ2v) is 7.95. The van der Waals surface area contributed by atoms with E-state index in [1.54, 1.807) is 41.0 Å². The van der Waals surface area contributed by atoms with E-state index in [1.807, 2.05) is 45.0 Å². The molecule has 29 heavy (non-hydrogen) atoms. The molecule has 0 spiro atoms. The molecule has 0 fully saturated rings. The van der Waals surface area contributed by atoms with Gasteiger partial charge in [-0.15, -0.1) is 0 Å². The molecule has 3 rings (SSSR count). The van der Waals surface area contributed by atoms with Gasteiger partial charge in [0.25, 0.3) is 11.5 Å². The summed E-state index contributed by atoms with van der Waals surface area (Å²) in [6, 6.07) is 9.00. The van der Waals surface area contributed by atoms with Crippen molar-refractivity contribution in [3.63, 3.8) is 0 Å². The van der Waals surface area contributed by atoms with E-state index in [0.717, 1.165) is 12.2 Å². The zero-order chi connectivity index (χ0) is 21.1. The van der Waals surface area contributed by atoms with E-state index < -0.39 is 0 Å². The van der Waals surface area contributed by atoms with E-state index in [0.29, 0.717) is 36.0 Å². The number of hydrogen-bond acceptors (Lipinski definition) is 5. The van der Waals surface area contributed by atoms with E-state index in [9.17, 15) is 9.59 Å². The Morgan fingerprint density at radius 3 is 2.34 bits per heavy atom. The lowest BCUT2D eigenvalue weighted by Crippen LogP contribution is -2.33. The van der Waals surface area contributed by atoms with Gasteiger partial charge in [0.15, 0.2) is 5.69 Å². The number of aromatic nitrogens is 4. The summed E-state index contributed by atoms with van der Waals surface area (Å²) in [5, 5.41) is 8.80. The van der Waals surface area contributed by atoms with Crippen molar-refractivity contribution in [1.82, 2.24) is 29.4 Å². The van der Waals surface area contributed by atoms with Gasteiger partial charge in [-0.3, -0.25) is 9.59 Å². The maximum absolute atomic E-state index is 12.5. The SMILES string of the molecule is CC(C)Cn1nc2ccn(-c3ccc(C(=O)N(C)CCN(C)C)cc3)nc-2c1=O. The van der Waals surface area contributed by atoms with Crippen molar-refractivity contribution in [2.75, 3.05) is 34.2 Å². The van der Waals surface area contributed by atoms with Crippen LogP contribution < -0.4 is 5.56 Å². The molecule has 0 saturated carbocycles. The number of benzene rings is 1. The maximum atomic E-state index is 12.5. The van der Waals surface area contributed by atoms with Crippen molar-refractivity contribution in [2.24, 2.45) is 5.92 Å². The van der Waals surface area contributed by atoms with Crippen LogP contribution in [0.4, 0.5) is 0 Å². The molecular weight excluding hydrogens is 368 g/mol. The van der Waals surface area contributed by atoms with Crippen LogP contribution in [0.3, 0.4) is 0 Å². The van der Waals surface area contributed by atoms with Crippen LogP contribution in [0.25, 0.3) is 17.1 Å². The molecule has 154 valence electrons. The molecule has 8 heteroatoms. The quantitative estimate of drug-likeness (QED) is 0.609. The normalized spacial score (nSPS) is 11.6. The van der Waals surface area contributed by atoms with Crippen LogP contribution in [0.15, 0.2) is 41.3 Å². The van der Waals surface area contributed by atoms with Crippen LogP contribution in [-0.4, -0.2) is 69.5 Å². The first-order chi connectivity index (χ1) is 13.8. The Morgan fingerprint density at radius 1 is 1.03 bits per heavy atom. The number of amides is 1. The predicted molar refractivity (Wildman–Crippen MR) is 113 cm³/mol. The van der Waals surface area contributed by atoms with Gasteiger partial charge < -0.3 is 9.80 Å². The van der Waals surface area contributed by atoms with Crippen LogP contribution in [0, 0.1) is 5.92 Å². The molecule has 0 N–H and O–H groups in total. The van der Waals surface area contributed by atoms with Crippen molar-refractivity contribution >= 4 is 5.91 Å². The van der Waals surface area contributed by atoms with E-state index in [1.165, 1.54) is 4.68 Å². The summed E-state index contributed by atoms with van der Waals surface area (Å²) in [4.78, 5) is 28.8. The summed E-state index contributed by atoms with van der Waals surface area (Å²) >= 11 is 0. The smallest absolute Gasteiger partial charge is 0.296 e. The third kappa shape index (κ3) is 4.71. The Hall–Kier alpha value is -3.00. The molecule has 0 bridgehead atoms. The molecule has 1 aromatic rings. The highest BCUT2D eigenvalue weighted by atomic mass is 16.2. The number of hydrogen-bond donors (Lipinski definition) is 0. The largest absolute Gasteiger partial charge is 0.340 e. The van der Waals surface area contributed by atoms with E-state index >= 15 is 0 Å². The third-order valence-corrected chi connectivity index (χ3v) is 4.64. The summed E-state index contributed by atoms with van der Waals surface area (Å²) in [7, 11) is 5.76. The lowest BCUT2D eigenvalue weighted by Gasteiger charge is -2.19. The molecule has 0 aliphatic carbocycles. The fourth-order valence-electron chi connectivity index (χ4n) is 2.99. The number of carbonyl (C=O) groups excluding carboxylic acids is 1. The van der Waals surface area contributed by atoms with Gasteiger partial charge in [-0.25, -0.2) is 9.36 Å². The number of rotatable bonds is 7. The third-order valence-electron chi connectivity index (χ3n) is 4.64. The Kier molecular flexibility index (Phi) is 6.12. The molecule has 0 unspecified atom stereocenters. The highest BCUT2D eigenvalue weighted by Gasteiger charge is 2.18. The monoisotopic (exact) mass is 396 g/mol. The Balaban J connectivity index is 1.82. The minimum atomic E-state index is -0.183. The van der Waals surface area contributed by atoms with E-state index in [4.69, 9.17) is 0 Å². The van der Waals surface area contributed by atoms with Crippen LogP contribution in [-0.2, 0) is 6.54 Å². The summed E-state index contributed by atoms with van der Waals surface area (Å²) in [5.74, 6) is 0.300. The minimum Gasteiger partial charge on any atom is -0.340 e. The lowest BCUT2D eigenvalue weighted by atomic mass is 10.2. The standard InChI is InChI=1S/C21H28N6O2/c1-15(2)14-27-21(29)19-18(22-27)10-11-26(23-19)17-8-6-16(7-9-17)20(28)25(5)13-12-24(3)4/h6-11,15H,12-14H2,1-5H3. The first-order valence-electron chi connectivity index (χ1n) is 9.73. The fourth-order valence-corrected chi connectivity index (χ4v) is 2.99. The summed E-state index contributed by atoms with van der Waals surface area (Å²) < 4.78 is 3.10. The van der Waals surface area contributed by atoms with Crippen molar-refractivity contribution in [1.29, 1.82) is 0 Å².